The molecule has 0 aromatic heterocycles. The maximum atomic E-state index is 13.1. The van der Waals surface area contributed by atoms with Gasteiger partial charge in [-0.1, -0.05) is 35.9 Å². The molecule has 0 unspecified atom stereocenters. The van der Waals surface area contributed by atoms with E-state index in [4.69, 9.17) is 4.74 Å². The zero-order chi connectivity index (χ0) is 23.6. The van der Waals surface area contributed by atoms with Crippen LogP contribution >= 0.6 is 0 Å². The van der Waals surface area contributed by atoms with E-state index in [0.717, 1.165) is 17.7 Å². The highest BCUT2D eigenvalue weighted by molar-refractivity contribution is 6.22. The number of allylic oxidation sites excluding steroid dienone is 2. The number of esters is 1. The van der Waals surface area contributed by atoms with Gasteiger partial charge in [-0.3, -0.25) is 19.2 Å². The van der Waals surface area contributed by atoms with E-state index in [0.29, 0.717) is 5.69 Å². The number of anilines is 2. The van der Waals surface area contributed by atoms with Gasteiger partial charge < -0.3 is 9.64 Å². The SMILES string of the molecule is Cc1ccc(N2C[C@H](C(=O)Oc3cccc(N4C(=O)[C@@H]5[C@H](C4=O)[C@H]4C=C[C@H]5C4)c3)CC2=O)cc1. The molecule has 0 radical (unpaired) electrons. The van der Waals surface area contributed by atoms with Crippen LogP contribution < -0.4 is 14.5 Å². The minimum absolute atomic E-state index is 0.0780. The Hall–Kier alpha value is -3.74. The normalized spacial score (nSPS) is 29.3. The van der Waals surface area contributed by atoms with Crippen LogP contribution in [-0.2, 0) is 19.2 Å². The standard InChI is InChI=1S/C27H24N2O5/c1-15-5-9-19(10-6-15)28-14-18(12-22(28)30)27(33)34-21-4-2-3-20(13-21)29-25(31)23-16-7-8-17(11-16)24(23)26(29)32/h2-10,13,16-18,23-24H,11-12,14H2,1H3/t16-,17-,18+,23-,24+/m0/s1. The molecule has 3 amide bonds. The van der Waals surface area contributed by atoms with E-state index in [1.165, 1.54) is 4.90 Å². The van der Waals surface area contributed by atoms with E-state index in [2.05, 4.69) is 12.2 Å². The number of hydrogen-bond donors (Lipinski definition) is 0. The fourth-order valence-electron chi connectivity index (χ4n) is 5.88. The maximum absolute atomic E-state index is 13.1. The number of aryl methyl sites for hydroxylation is 1. The first-order valence-electron chi connectivity index (χ1n) is 11.7. The molecule has 2 aromatic carbocycles. The third kappa shape index (κ3) is 3.18. The number of carbonyl (C=O) groups excluding carboxylic acids is 4. The maximum Gasteiger partial charge on any atom is 0.316 e. The number of ether oxygens (including phenoxy) is 1. The van der Waals surface area contributed by atoms with Crippen molar-refractivity contribution in [3.8, 4) is 5.75 Å². The molecule has 0 N–H and O–H groups in total. The van der Waals surface area contributed by atoms with E-state index in [1.54, 1.807) is 29.2 Å². The first-order valence-corrected chi connectivity index (χ1v) is 11.7. The van der Waals surface area contributed by atoms with Crippen molar-refractivity contribution in [2.24, 2.45) is 29.6 Å². The zero-order valence-electron chi connectivity index (χ0n) is 18.7. The molecule has 7 heteroatoms. The summed E-state index contributed by atoms with van der Waals surface area (Å²) >= 11 is 0. The highest BCUT2D eigenvalue weighted by atomic mass is 16.5. The highest BCUT2D eigenvalue weighted by Crippen LogP contribution is 2.53. The van der Waals surface area contributed by atoms with Gasteiger partial charge in [0, 0.05) is 24.7 Å². The van der Waals surface area contributed by atoms with Gasteiger partial charge in [-0.2, -0.15) is 0 Å². The molecular weight excluding hydrogens is 432 g/mol. The van der Waals surface area contributed by atoms with E-state index in [1.807, 2.05) is 31.2 Å². The summed E-state index contributed by atoms with van der Waals surface area (Å²) in [7, 11) is 0. The molecule has 34 heavy (non-hydrogen) atoms. The lowest BCUT2D eigenvalue weighted by molar-refractivity contribution is -0.139. The first-order chi connectivity index (χ1) is 16.4. The van der Waals surface area contributed by atoms with Crippen molar-refractivity contribution < 1.29 is 23.9 Å². The number of amides is 3. The molecule has 2 bridgehead atoms. The van der Waals surface area contributed by atoms with Crippen molar-refractivity contribution in [1.82, 2.24) is 0 Å². The number of benzene rings is 2. The van der Waals surface area contributed by atoms with E-state index in [9.17, 15) is 19.2 Å². The summed E-state index contributed by atoms with van der Waals surface area (Å²) in [5.41, 5.74) is 2.26. The molecule has 2 heterocycles. The summed E-state index contributed by atoms with van der Waals surface area (Å²) in [5, 5.41) is 0. The van der Waals surface area contributed by atoms with Gasteiger partial charge in [0.15, 0.2) is 0 Å². The van der Waals surface area contributed by atoms with Crippen LogP contribution in [0.15, 0.2) is 60.7 Å². The number of carbonyl (C=O) groups is 4. The van der Waals surface area contributed by atoms with Crippen LogP contribution in [0.4, 0.5) is 11.4 Å². The topological polar surface area (TPSA) is 84.0 Å². The van der Waals surface area contributed by atoms with Gasteiger partial charge >= 0.3 is 5.97 Å². The largest absolute Gasteiger partial charge is 0.426 e. The lowest BCUT2D eigenvalue weighted by Crippen LogP contribution is -2.32. The quantitative estimate of drug-likeness (QED) is 0.305. The van der Waals surface area contributed by atoms with Crippen LogP contribution in [0.2, 0.25) is 0 Å². The fourth-order valence-corrected chi connectivity index (χ4v) is 5.88. The summed E-state index contributed by atoms with van der Waals surface area (Å²) in [6.45, 7) is 2.23. The molecule has 5 atom stereocenters. The van der Waals surface area contributed by atoms with Crippen LogP contribution in [-0.4, -0.2) is 30.2 Å². The molecule has 3 fully saturated rings. The Kier molecular flexibility index (Phi) is 4.69. The minimum atomic E-state index is -0.589. The average Bonchev–Trinajstić information content (AvgIpc) is 3.58. The minimum Gasteiger partial charge on any atom is -0.426 e. The van der Waals surface area contributed by atoms with Gasteiger partial charge in [0.05, 0.1) is 23.4 Å². The highest BCUT2D eigenvalue weighted by Gasteiger charge is 2.59. The molecule has 172 valence electrons. The van der Waals surface area contributed by atoms with Crippen molar-refractivity contribution in [2.75, 3.05) is 16.3 Å². The number of rotatable bonds is 4. The smallest absolute Gasteiger partial charge is 0.316 e. The molecule has 6 rings (SSSR count). The second-order valence-electron chi connectivity index (χ2n) is 9.67. The third-order valence-electron chi connectivity index (χ3n) is 7.57. The van der Waals surface area contributed by atoms with E-state index >= 15 is 0 Å². The zero-order valence-corrected chi connectivity index (χ0v) is 18.7. The van der Waals surface area contributed by atoms with Crippen LogP contribution in [0.25, 0.3) is 0 Å². The second-order valence-corrected chi connectivity index (χ2v) is 9.67. The van der Waals surface area contributed by atoms with E-state index < -0.39 is 11.9 Å². The molecule has 7 nitrogen and oxygen atoms in total. The Balaban J connectivity index is 1.16. The average molecular weight is 456 g/mol. The first kappa shape index (κ1) is 20.8. The molecule has 2 aromatic rings. The van der Waals surface area contributed by atoms with Crippen molar-refractivity contribution >= 4 is 35.1 Å². The number of imide groups is 1. The predicted octanol–water partition coefficient (Wildman–Crippen LogP) is 3.27. The van der Waals surface area contributed by atoms with E-state index in [-0.39, 0.29) is 60.1 Å². The molecule has 0 spiro atoms. The second kappa shape index (κ2) is 7.65. The molecule has 4 aliphatic rings. The summed E-state index contributed by atoms with van der Waals surface area (Å²) < 4.78 is 5.59. The van der Waals surface area contributed by atoms with Crippen molar-refractivity contribution in [3.05, 3.63) is 66.2 Å². The molecular formula is C27H24N2O5. The third-order valence-corrected chi connectivity index (χ3v) is 7.57. The van der Waals surface area contributed by atoms with Crippen LogP contribution in [0.1, 0.15) is 18.4 Å². The fraction of sp³-hybridized carbons (Fsp3) is 0.333. The Bertz CT molecular complexity index is 1220. The van der Waals surface area contributed by atoms with Crippen molar-refractivity contribution in [1.29, 1.82) is 0 Å². The van der Waals surface area contributed by atoms with Crippen LogP contribution in [0.3, 0.4) is 0 Å². The summed E-state index contributed by atoms with van der Waals surface area (Å²) in [6.07, 6.45) is 5.07. The van der Waals surface area contributed by atoms with Gasteiger partial charge in [-0.05, 0) is 49.4 Å². The summed E-state index contributed by atoms with van der Waals surface area (Å²) in [5.74, 6) is -1.62. The van der Waals surface area contributed by atoms with Crippen molar-refractivity contribution in [2.45, 2.75) is 19.8 Å². The Labute approximate surface area is 197 Å². The molecule has 2 aliphatic carbocycles. The molecule has 1 saturated carbocycles. The van der Waals surface area contributed by atoms with Crippen LogP contribution in [0.5, 0.6) is 5.75 Å². The van der Waals surface area contributed by atoms with Gasteiger partial charge in [-0.25, -0.2) is 4.90 Å². The summed E-state index contributed by atoms with van der Waals surface area (Å²) in [4.78, 5) is 54.4. The Morgan fingerprint density at radius 1 is 0.912 bits per heavy atom. The monoisotopic (exact) mass is 456 g/mol. The molecule has 2 aliphatic heterocycles. The summed E-state index contributed by atoms with van der Waals surface area (Å²) in [6, 6.07) is 14.1. The lowest BCUT2D eigenvalue weighted by Gasteiger charge is -2.18. The van der Waals surface area contributed by atoms with Gasteiger partial charge in [0.1, 0.15) is 5.75 Å². The van der Waals surface area contributed by atoms with Crippen molar-refractivity contribution in [3.63, 3.8) is 0 Å². The van der Waals surface area contributed by atoms with Crippen LogP contribution in [0, 0.1) is 36.5 Å². The van der Waals surface area contributed by atoms with Gasteiger partial charge in [-0.15, -0.1) is 0 Å². The lowest BCUT2D eigenvalue weighted by atomic mass is 9.85. The number of hydrogen-bond acceptors (Lipinski definition) is 5. The Morgan fingerprint density at radius 2 is 1.59 bits per heavy atom. The number of nitrogens with zero attached hydrogens (tertiary/aromatic N) is 2. The van der Waals surface area contributed by atoms with Gasteiger partial charge in [0.25, 0.3) is 0 Å². The number of fused-ring (bicyclic) bond motifs is 5. The Morgan fingerprint density at radius 3 is 2.26 bits per heavy atom. The molecule has 2 saturated heterocycles. The predicted molar refractivity (Wildman–Crippen MR) is 124 cm³/mol. The van der Waals surface area contributed by atoms with Gasteiger partial charge in [0.2, 0.25) is 17.7 Å².